The molecule has 0 aliphatic carbocycles. The third-order valence-corrected chi connectivity index (χ3v) is 10.9. The lowest BCUT2D eigenvalue weighted by Crippen LogP contribution is -2.34. The third-order valence-electron chi connectivity index (χ3n) is 10.9. The zero-order valence-electron chi connectivity index (χ0n) is 30.1. The molecule has 3 atom stereocenters. The van der Waals surface area contributed by atoms with Crippen LogP contribution in [0.4, 0.5) is 0 Å². The van der Waals surface area contributed by atoms with E-state index in [1.54, 1.807) is 21.3 Å². The summed E-state index contributed by atoms with van der Waals surface area (Å²) in [5, 5.41) is 0. The summed E-state index contributed by atoms with van der Waals surface area (Å²) in [5.74, 6) is 5.79. The topological polar surface area (TPSA) is 52.6 Å². The van der Waals surface area contributed by atoms with Gasteiger partial charge in [0.05, 0.1) is 21.3 Å². The normalized spacial score (nSPS) is 19.5. The molecule has 49 heavy (non-hydrogen) atoms. The van der Waals surface area contributed by atoms with E-state index in [1.165, 1.54) is 33.4 Å². The van der Waals surface area contributed by atoms with Crippen LogP contribution in [0, 0.1) is 0 Å². The minimum Gasteiger partial charge on any atom is -0.496 e. The van der Waals surface area contributed by atoms with Crippen molar-refractivity contribution in [3.05, 3.63) is 99.6 Å². The van der Waals surface area contributed by atoms with Crippen molar-refractivity contribution in [2.24, 2.45) is 0 Å². The second kappa shape index (κ2) is 14.0. The van der Waals surface area contributed by atoms with Crippen molar-refractivity contribution in [3.8, 4) is 40.2 Å². The lowest BCUT2D eigenvalue weighted by molar-refractivity contribution is 0.222. The first-order chi connectivity index (χ1) is 23.8. The lowest BCUT2D eigenvalue weighted by Gasteiger charge is -2.38. The molecule has 6 bridgehead atoms. The van der Waals surface area contributed by atoms with Crippen molar-refractivity contribution in [2.45, 2.75) is 70.4 Å². The summed E-state index contributed by atoms with van der Waals surface area (Å²) < 4.78 is 31.9. The van der Waals surface area contributed by atoms with Crippen molar-refractivity contribution in [1.82, 2.24) is 9.80 Å². The quantitative estimate of drug-likeness (QED) is 0.204. The molecule has 258 valence electrons. The highest BCUT2D eigenvalue weighted by Crippen LogP contribution is 2.51. The van der Waals surface area contributed by atoms with Gasteiger partial charge in [0.15, 0.2) is 23.0 Å². The maximum absolute atomic E-state index is 7.33. The van der Waals surface area contributed by atoms with Gasteiger partial charge in [-0.2, -0.15) is 0 Å². The Hall–Kier alpha value is -4.20. The molecule has 4 aromatic rings. The number of hydrogen-bond donors (Lipinski definition) is 0. The number of methoxy groups -OCH3 is 3. The standard InChI is InChI=1S/C42H50N2O5/c1-8-9-26(2)40-39(47-7)24-30-17-19-44(4)34-21-28-12-15-35(45-5)37(22-28)48-31-13-10-27(11-14-31)20-33-32-25-38(49-42(40)41(30)34)36(46-6)23-29(32)16-18-43(33)3/h10-15,22-26,33-34H,8-9,16-21H2,1-7H3. The summed E-state index contributed by atoms with van der Waals surface area (Å²) in [6.07, 6.45) is 5.62. The molecule has 4 aliphatic rings. The first kappa shape index (κ1) is 33.3. The van der Waals surface area contributed by atoms with Crippen LogP contribution >= 0.6 is 0 Å². The van der Waals surface area contributed by atoms with E-state index in [-0.39, 0.29) is 18.0 Å². The van der Waals surface area contributed by atoms with Gasteiger partial charge >= 0.3 is 0 Å². The van der Waals surface area contributed by atoms with Crippen LogP contribution < -0.4 is 23.7 Å². The Labute approximate surface area is 291 Å². The molecular formula is C42H50N2O5. The van der Waals surface area contributed by atoms with E-state index in [1.807, 2.05) is 6.07 Å². The highest BCUT2D eigenvalue weighted by molar-refractivity contribution is 5.61. The molecule has 7 heteroatoms. The molecule has 3 unspecified atom stereocenters. The summed E-state index contributed by atoms with van der Waals surface area (Å²) >= 11 is 0. The summed E-state index contributed by atoms with van der Waals surface area (Å²) in [6, 6.07) is 21.8. The maximum atomic E-state index is 7.33. The number of fused-ring (bicyclic) bond motifs is 2. The van der Waals surface area contributed by atoms with Gasteiger partial charge < -0.3 is 23.7 Å². The van der Waals surface area contributed by atoms with E-state index < -0.39 is 0 Å². The fourth-order valence-electron chi connectivity index (χ4n) is 8.19. The SMILES string of the molecule is CCCC(C)c1c(OC)cc2c3c1Oc1cc4c(cc1OC)CCN(C)C4Cc1ccc(cc1)Oc1cc(ccc1OC)CC3N(C)CC2. The van der Waals surface area contributed by atoms with Crippen LogP contribution in [0.25, 0.3) is 0 Å². The first-order valence-electron chi connectivity index (χ1n) is 17.8. The van der Waals surface area contributed by atoms with E-state index >= 15 is 0 Å². The number of likely N-dealkylation sites (N-methyl/N-ethyl adjacent to an activating group) is 2. The van der Waals surface area contributed by atoms with E-state index in [4.69, 9.17) is 23.7 Å². The molecule has 0 saturated heterocycles. The fraction of sp³-hybridized carbons (Fsp3) is 0.429. The predicted molar refractivity (Wildman–Crippen MR) is 194 cm³/mol. The van der Waals surface area contributed by atoms with Gasteiger partial charge in [0.25, 0.3) is 0 Å². The third kappa shape index (κ3) is 6.35. The second-order valence-electron chi connectivity index (χ2n) is 14.0. The molecule has 0 aromatic heterocycles. The second-order valence-corrected chi connectivity index (χ2v) is 14.0. The number of rotatable bonds is 6. The zero-order chi connectivity index (χ0) is 34.2. The van der Waals surface area contributed by atoms with Crippen molar-refractivity contribution < 1.29 is 23.7 Å². The van der Waals surface area contributed by atoms with Gasteiger partial charge in [0.1, 0.15) is 17.2 Å². The minimum atomic E-state index is 0.0687. The lowest BCUT2D eigenvalue weighted by atomic mass is 9.83. The van der Waals surface area contributed by atoms with Crippen LogP contribution in [-0.4, -0.2) is 58.3 Å². The molecule has 0 fully saturated rings. The van der Waals surface area contributed by atoms with Crippen LogP contribution in [-0.2, 0) is 25.7 Å². The Morgan fingerprint density at radius 1 is 0.714 bits per heavy atom. The molecule has 0 amide bonds. The van der Waals surface area contributed by atoms with Crippen molar-refractivity contribution in [3.63, 3.8) is 0 Å². The Kier molecular flexibility index (Phi) is 9.49. The summed E-state index contributed by atoms with van der Waals surface area (Å²) in [5.41, 5.74) is 8.66. The van der Waals surface area contributed by atoms with E-state index in [0.29, 0.717) is 11.5 Å². The zero-order valence-corrected chi connectivity index (χ0v) is 30.1. The largest absolute Gasteiger partial charge is 0.496 e. The minimum absolute atomic E-state index is 0.0687. The van der Waals surface area contributed by atoms with Crippen LogP contribution in [0.3, 0.4) is 0 Å². The first-order valence-corrected chi connectivity index (χ1v) is 17.8. The molecule has 0 N–H and O–H groups in total. The molecule has 7 nitrogen and oxygen atoms in total. The molecule has 8 rings (SSSR count). The Morgan fingerprint density at radius 3 is 2.06 bits per heavy atom. The maximum Gasteiger partial charge on any atom is 0.169 e. The predicted octanol–water partition coefficient (Wildman–Crippen LogP) is 9.06. The molecule has 0 saturated carbocycles. The summed E-state index contributed by atoms with van der Waals surface area (Å²) in [7, 11) is 9.69. The molecule has 4 aliphatic heterocycles. The molecule has 0 radical (unpaired) electrons. The van der Waals surface area contributed by atoms with Gasteiger partial charge in [-0.15, -0.1) is 0 Å². The summed E-state index contributed by atoms with van der Waals surface area (Å²) in [6.45, 7) is 6.46. The van der Waals surface area contributed by atoms with E-state index in [2.05, 4.69) is 92.3 Å². The number of nitrogens with zero attached hydrogens (tertiary/aromatic N) is 2. The van der Waals surface area contributed by atoms with E-state index in [0.717, 1.165) is 85.9 Å². The van der Waals surface area contributed by atoms with Gasteiger partial charge in [-0.1, -0.05) is 38.5 Å². The smallest absolute Gasteiger partial charge is 0.169 e. The van der Waals surface area contributed by atoms with Crippen LogP contribution in [0.2, 0.25) is 0 Å². The van der Waals surface area contributed by atoms with Crippen molar-refractivity contribution in [2.75, 3.05) is 48.5 Å². The molecular weight excluding hydrogens is 612 g/mol. The number of hydrogen-bond acceptors (Lipinski definition) is 7. The molecule has 4 heterocycles. The van der Waals surface area contributed by atoms with Crippen LogP contribution in [0.15, 0.2) is 60.7 Å². The molecule has 4 aromatic carbocycles. The number of ether oxygens (including phenoxy) is 5. The monoisotopic (exact) mass is 662 g/mol. The van der Waals surface area contributed by atoms with E-state index in [9.17, 15) is 0 Å². The van der Waals surface area contributed by atoms with Crippen LogP contribution in [0.1, 0.15) is 83.6 Å². The van der Waals surface area contributed by atoms with Gasteiger partial charge in [0.2, 0.25) is 0 Å². The van der Waals surface area contributed by atoms with Gasteiger partial charge in [-0.3, -0.25) is 9.80 Å². The van der Waals surface area contributed by atoms with Crippen molar-refractivity contribution in [1.29, 1.82) is 0 Å². The number of benzene rings is 4. The van der Waals surface area contributed by atoms with Gasteiger partial charge in [0, 0.05) is 36.3 Å². The van der Waals surface area contributed by atoms with Crippen LogP contribution in [0.5, 0.6) is 40.2 Å². The average molecular weight is 663 g/mol. The average Bonchev–Trinajstić information content (AvgIpc) is 3.10. The Balaban J connectivity index is 1.49. The van der Waals surface area contributed by atoms with Crippen molar-refractivity contribution >= 4 is 0 Å². The Bertz CT molecular complexity index is 1820. The summed E-state index contributed by atoms with van der Waals surface area (Å²) in [4.78, 5) is 4.93. The van der Waals surface area contributed by atoms with Gasteiger partial charge in [-0.25, -0.2) is 0 Å². The molecule has 0 spiro atoms. The highest BCUT2D eigenvalue weighted by atomic mass is 16.5. The fourth-order valence-corrected chi connectivity index (χ4v) is 8.19. The highest BCUT2D eigenvalue weighted by Gasteiger charge is 2.35. The van der Waals surface area contributed by atoms with Gasteiger partial charge in [-0.05, 0) is 122 Å². The Morgan fingerprint density at radius 2 is 1.35 bits per heavy atom.